The van der Waals surface area contributed by atoms with Gasteiger partial charge in [-0.1, -0.05) is 54.4 Å². The van der Waals surface area contributed by atoms with Crippen LogP contribution >= 0.6 is 23.2 Å². The molecule has 1 fully saturated rings. The lowest BCUT2D eigenvalue weighted by atomic mass is 9.74. The molecule has 2 heterocycles. The Balaban J connectivity index is 1.76. The first-order valence-electron chi connectivity index (χ1n) is 13.7. The van der Waals surface area contributed by atoms with Gasteiger partial charge in [-0.05, 0) is 72.7 Å². The van der Waals surface area contributed by atoms with Gasteiger partial charge in [-0.15, -0.1) is 0 Å². The van der Waals surface area contributed by atoms with Crippen LogP contribution in [0.3, 0.4) is 0 Å². The zero-order chi connectivity index (χ0) is 29.4. The first-order chi connectivity index (χ1) is 19.7. The minimum absolute atomic E-state index is 0.0198. The van der Waals surface area contributed by atoms with Crippen molar-refractivity contribution in [1.82, 2.24) is 4.90 Å². The first kappa shape index (κ1) is 29.7. The second kappa shape index (κ2) is 11.8. The Kier molecular flexibility index (Phi) is 8.56. The van der Waals surface area contributed by atoms with Gasteiger partial charge < -0.3 is 19.4 Å². The van der Waals surface area contributed by atoms with E-state index in [1.165, 1.54) is 18.1 Å². The molecule has 0 radical (unpaired) electrons. The van der Waals surface area contributed by atoms with Crippen molar-refractivity contribution < 1.29 is 28.6 Å². The van der Waals surface area contributed by atoms with Gasteiger partial charge in [-0.25, -0.2) is 4.39 Å². The Morgan fingerprint density at radius 2 is 1.73 bits per heavy atom. The van der Waals surface area contributed by atoms with E-state index in [2.05, 4.69) is 0 Å². The summed E-state index contributed by atoms with van der Waals surface area (Å²) in [4.78, 5) is 27.9. The largest absolute Gasteiger partial charge is 0.385 e. The molecule has 1 amide bonds. The quantitative estimate of drug-likeness (QED) is 0.274. The lowest BCUT2D eigenvalue weighted by Gasteiger charge is -2.42. The van der Waals surface area contributed by atoms with Gasteiger partial charge >= 0.3 is 0 Å². The van der Waals surface area contributed by atoms with Crippen LogP contribution in [-0.2, 0) is 25.6 Å². The second-order valence-corrected chi connectivity index (χ2v) is 11.4. The van der Waals surface area contributed by atoms with E-state index in [9.17, 15) is 14.7 Å². The number of rotatable bonds is 9. The highest BCUT2D eigenvalue weighted by molar-refractivity contribution is 6.30. The van der Waals surface area contributed by atoms with Gasteiger partial charge in [0, 0.05) is 42.4 Å². The number of halogens is 3. The molecule has 3 aromatic carbocycles. The summed E-state index contributed by atoms with van der Waals surface area (Å²) >= 11 is 12.3. The number of methoxy groups -OCH3 is 1. The molecule has 2 aliphatic heterocycles. The zero-order valence-electron chi connectivity index (χ0n) is 22.9. The Labute approximate surface area is 249 Å². The minimum Gasteiger partial charge on any atom is -0.385 e. The number of amides is 1. The average Bonchev–Trinajstić information content (AvgIpc) is 3.25. The number of aliphatic hydroxyl groups is 1. The third-order valence-electron chi connectivity index (χ3n) is 8.57. The Morgan fingerprint density at radius 1 is 1.12 bits per heavy atom. The van der Waals surface area contributed by atoms with E-state index in [4.69, 9.17) is 32.7 Å². The van der Waals surface area contributed by atoms with E-state index in [-0.39, 0.29) is 23.5 Å². The molecule has 9 heteroatoms. The highest BCUT2D eigenvalue weighted by Crippen LogP contribution is 2.52. The van der Waals surface area contributed by atoms with E-state index in [1.54, 1.807) is 54.6 Å². The van der Waals surface area contributed by atoms with Crippen molar-refractivity contribution in [3.63, 3.8) is 0 Å². The molecular formula is C32H32Cl2FNO5. The average molecular weight is 601 g/mol. The number of fused-ring (bicyclic) bond motifs is 1. The second-order valence-electron chi connectivity index (χ2n) is 10.5. The first-order valence-corrected chi connectivity index (χ1v) is 14.4. The third-order valence-corrected chi connectivity index (χ3v) is 9.07. The lowest BCUT2D eigenvalue weighted by molar-refractivity contribution is -0.116. The molecule has 3 atom stereocenters. The molecule has 1 saturated heterocycles. The van der Waals surface area contributed by atoms with Crippen molar-refractivity contribution in [3.8, 4) is 0 Å². The summed E-state index contributed by atoms with van der Waals surface area (Å²) in [6.45, 7) is 2.86. The molecule has 0 saturated carbocycles. The summed E-state index contributed by atoms with van der Waals surface area (Å²) < 4.78 is 28.2. The standard InChI is InChI=1S/C32H32Cl2FNO5/c1-3-31(39,21-13-16-41-17-14-21)23-18-26-29(27(35)19-23)32(40-2,22-6-10-25(34)11-7-22)36(30(26)38)28(12-15-37)20-4-8-24(33)9-5-20/h4-11,15,18-19,21,28,39H,3,12-14,16-17H2,1-2H3. The van der Waals surface area contributed by atoms with Crippen molar-refractivity contribution in [1.29, 1.82) is 0 Å². The molecule has 6 nitrogen and oxygen atoms in total. The number of nitrogens with zero attached hydrogens (tertiary/aromatic N) is 1. The van der Waals surface area contributed by atoms with Crippen LogP contribution in [0.1, 0.15) is 71.3 Å². The third kappa shape index (κ3) is 4.98. The molecule has 41 heavy (non-hydrogen) atoms. The van der Waals surface area contributed by atoms with Crippen LogP contribution in [0.25, 0.3) is 0 Å². The van der Waals surface area contributed by atoms with Crippen molar-refractivity contribution in [3.05, 3.63) is 104 Å². The maximum absolute atomic E-state index is 16.6. The molecule has 216 valence electrons. The fourth-order valence-electron chi connectivity index (χ4n) is 6.47. The Bertz CT molecular complexity index is 1430. The molecule has 0 spiro atoms. The fraction of sp³-hybridized carbons (Fsp3) is 0.375. The van der Waals surface area contributed by atoms with Crippen LogP contribution in [0.15, 0.2) is 60.7 Å². The summed E-state index contributed by atoms with van der Waals surface area (Å²) in [5.74, 6) is -1.37. The molecule has 5 rings (SSSR count). The summed E-state index contributed by atoms with van der Waals surface area (Å²) in [5.41, 5.74) is -1.57. The topological polar surface area (TPSA) is 76.1 Å². The fourth-order valence-corrected chi connectivity index (χ4v) is 6.72. The summed E-state index contributed by atoms with van der Waals surface area (Å²) in [6.07, 6.45) is 2.22. The van der Waals surface area contributed by atoms with E-state index in [1.807, 2.05) is 6.92 Å². The van der Waals surface area contributed by atoms with Crippen molar-refractivity contribution in [2.24, 2.45) is 5.92 Å². The smallest absolute Gasteiger partial charge is 0.257 e. The SMILES string of the molecule is CCC(O)(c1cc(F)c2c(c1)C(=O)N(C(CC=O)c1ccc(Cl)cc1)C2(OC)c1ccc(Cl)cc1)C1CCOCC1. The molecule has 3 unspecified atom stereocenters. The monoisotopic (exact) mass is 599 g/mol. The van der Waals surface area contributed by atoms with Crippen molar-refractivity contribution in [2.75, 3.05) is 20.3 Å². The number of ether oxygens (including phenoxy) is 2. The van der Waals surface area contributed by atoms with Crippen molar-refractivity contribution in [2.45, 2.75) is 50.0 Å². The molecule has 3 aromatic rings. The normalized spacial score (nSPS) is 21.4. The number of carbonyl (C=O) groups excluding carboxylic acids is 2. The van der Waals surface area contributed by atoms with Gasteiger partial charge in [0.05, 0.1) is 22.8 Å². The number of aldehydes is 1. The number of hydrogen-bond donors (Lipinski definition) is 1. The van der Waals surface area contributed by atoms with Gasteiger partial charge in [0.15, 0.2) is 5.72 Å². The number of carbonyl (C=O) groups is 2. The molecular weight excluding hydrogens is 568 g/mol. The van der Waals surface area contributed by atoms with Gasteiger partial charge in [0.1, 0.15) is 12.1 Å². The maximum atomic E-state index is 16.6. The van der Waals surface area contributed by atoms with Crippen LogP contribution < -0.4 is 0 Å². The van der Waals surface area contributed by atoms with Gasteiger partial charge in [-0.3, -0.25) is 9.69 Å². The van der Waals surface area contributed by atoms with Gasteiger partial charge in [0.25, 0.3) is 5.91 Å². The summed E-state index contributed by atoms with van der Waals surface area (Å²) in [7, 11) is 1.40. The molecule has 0 bridgehead atoms. The van der Waals surface area contributed by atoms with Crippen LogP contribution in [-0.4, -0.2) is 42.5 Å². The number of hydrogen-bond acceptors (Lipinski definition) is 5. The Hall–Kier alpha value is -2.81. The molecule has 0 aromatic heterocycles. The summed E-state index contributed by atoms with van der Waals surface area (Å²) in [5, 5.41) is 12.9. The molecule has 2 aliphatic rings. The van der Waals surface area contributed by atoms with Crippen LogP contribution in [0.2, 0.25) is 10.0 Å². The molecule has 0 aliphatic carbocycles. The zero-order valence-corrected chi connectivity index (χ0v) is 24.4. The predicted molar refractivity (Wildman–Crippen MR) is 154 cm³/mol. The highest BCUT2D eigenvalue weighted by atomic mass is 35.5. The predicted octanol–water partition coefficient (Wildman–Crippen LogP) is 6.79. The van der Waals surface area contributed by atoms with Crippen LogP contribution in [0, 0.1) is 11.7 Å². The lowest BCUT2D eigenvalue weighted by Crippen LogP contribution is -2.48. The van der Waals surface area contributed by atoms with Crippen molar-refractivity contribution >= 4 is 35.4 Å². The molecule has 1 N–H and O–H groups in total. The summed E-state index contributed by atoms with van der Waals surface area (Å²) in [6, 6.07) is 15.5. The van der Waals surface area contributed by atoms with E-state index < -0.39 is 29.1 Å². The Morgan fingerprint density at radius 3 is 2.29 bits per heavy atom. The maximum Gasteiger partial charge on any atom is 0.257 e. The highest BCUT2D eigenvalue weighted by Gasteiger charge is 2.57. The van der Waals surface area contributed by atoms with E-state index in [0.29, 0.717) is 59.2 Å². The number of benzene rings is 3. The minimum atomic E-state index is -1.73. The van der Waals surface area contributed by atoms with Crippen LogP contribution in [0.5, 0.6) is 0 Å². The van der Waals surface area contributed by atoms with Gasteiger partial charge in [0.2, 0.25) is 0 Å². The van der Waals surface area contributed by atoms with Gasteiger partial charge in [-0.2, -0.15) is 0 Å². The van der Waals surface area contributed by atoms with E-state index in [0.717, 1.165) is 6.29 Å². The van der Waals surface area contributed by atoms with Crippen LogP contribution in [0.4, 0.5) is 4.39 Å². The van der Waals surface area contributed by atoms with E-state index >= 15 is 4.39 Å².